The Kier molecular flexibility index (Phi) is 6.35. The Bertz CT molecular complexity index is 802. The van der Waals surface area contributed by atoms with Crippen molar-refractivity contribution < 1.29 is 14.3 Å². The average Bonchev–Trinajstić information content (AvgIpc) is 2.69. The van der Waals surface area contributed by atoms with Crippen molar-refractivity contribution >= 4 is 34.8 Å². The number of nitrogens with one attached hydrogen (secondary N) is 2. The molecule has 0 atom stereocenters. The Hall–Kier alpha value is -2.53. The van der Waals surface area contributed by atoms with Crippen LogP contribution in [-0.4, -0.2) is 18.9 Å². The number of carbonyl (C=O) groups excluding carboxylic acids is 2. The van der Waals surface area contributed by atoms with E-state index in [1.165, 1.54) is 0 Å². The van der Waals surface area contributed by atoms with E-state index in [-0.39, 0.29) is 23.7 Å². The van der Waals surface area contributed by atoms with Crippen LogP contribution < -0.4 is 15.4 Å². The fourth-order valence-electron chi connectivity index (χ4n) is 3.37. The van der Waals surface area contributed by atoms with Gasteiger partial charge in [-0.3, -0.25) is 9.59 Å². The summed E-state index contributed by atoms with van der Waals surface area (Å²) in [6.07, 6.45) is 2.81. The number of halogens is 1. The third-order valence-corrected chi connectivity index (χ3v) is 5.22. The molecule has 5 nitrogen and oxygen atoms in total. The lowest BCUT2D eigenvalue weighted by Crippen LogP contribution is -2.32. The predicted molar refractivity (Wildman–Crippen MR) is 107 cm³/mol. The van der Waals surface area contributed by atoms with Gasteiger partial charge in [0.15, 0.2) is 0 Å². The second-order valence-electron chi connectivity index (χ2n) is 6.74. The van der Waals surface area contributed by atoms with Gasteiger partial charge in [0.05, 0.1) is 12.1 Å². The summed E-state index contributed by atoms with van der Waals surface area (Å²) in [6, 6.07) is 14.6. The zero-order chi connectivity index (χ0) is 19.2. The van der Waals surface area contributed by atoms with E-state index in [2.05, 4.69) is 10.6 Å². The Morgan fingerprint density at radius 2 is 1.44 bits per heavy atom. The average molecular weight is 387 g/mol. The van der Waals surface area contributed by atoms with Crippen molar-refractivity contribution in [3.05, 3.63) is 53.6 Å². The van der Waals surface area contributed by atoms with Crippen molar-refractivity contribution in [3.8, 4) is 5.75 Å². The quantitative estimate of drug-likeness (QED) is 0.780. The molecular formula is C21H23ClN2O3. The third-order valence-electron chi connectivity index (χ3n) is 4.93. The highest BCUT2D eigenvalue weighted by Gasteiger charge is 2.30. The zero-order valence-electron chi connectivity index (χ0n) is 15.2. The zero-order valence-corrected chi connectivity index (χ0v) is 16.0. The van der Waals surface area contributed by atoms with Gasteiger partial charge in [-0.15, -0.1) is 0 Å². The number of hydrogen-bond donors (Lipinski definition) is 2. The summed E-state index contributed by atoms with van der Waals surface area (Å²) in [4.78, 5) is 24.9. The highest BCUT2D eigenvalue weighted by molar-refractivity contribution is 6.32. The monoisotopic (exact) mass is 386 g/mol. The molecule has 3 rings (SSSR count). The van der Waals surface area contributed by atoms with Crippen molar-refractivity contribution in [1.29, 1.82) is 0 Å². The molecular weight excluding hydrogens is 364 g/mol. The van der Waals surface area contributed by atoms with Crippen LogP contribution in [0, 0.1) is 11.8 Å². The van der Waals surface area contributed by atoms with E-state index in [1.807, 2.05) is 30.3 Å². The van der Waals surface area contributed by atoms with E-state index >= 15 is 0 Å². The van der Waals surface area contributed by atoms with Gasteiger partial charge in [0.1, 0.15) is 5.75 Å². The molecule has 1 fully saturated rings. The molecule has 2 aromatic rings. The Labute approximate surface area is 164 Å². The summed E-state index contributed by atoms with van der Waals surface area (Å²) in [5.74, 6) is 0.427. The van der Waals surface area contributed by atoms with Gasteiger partial charge in [0.2, 0.25) is 11.8 Å². The van der Waals surface area contributed by atoms with E-state index in [9.17, 15) is 9.59 Å². The van der Waals surface area contributed by atoms with Gasteiger partial charge < -0.3 is 15.4 Å². The molecule has 0 aliphatic heterocycles. The summed E-state index contributed by atoms with van der Waals surface area (Å²) in [5, 5.41) is 6.31. The van der Waals surface area contributed by atoms with E-state index in [0.717, 1.165) is 5.69 Å². The van der Waals surface area contributed by atoms with Gasteiger partial charge in [0.25, 0.3) is 0 Å². The molecule has 0 radical (unpaired) electrons. The van der Waals surface area contributed by atoms with Crippen LogP contribution >= 0.6 is 11.6 Å². The van der Waals surface area contributed by atoms with Gasteiger partial charge >= 0.3 is 0 Å². The molecule has 0 heterocycles. The van der Waals surface area contributed by atoms with E-state index < -0.39 is 0 Å². The molecule has 2 amide bonds. The summed E-state index contributed by atoms with van der Waals surface area (Å²) in [6.45, 7) is 0. The van der Waals surface area contributed by atoms with Crippen LogP contribution in [0.4, 0.5) is 11.4 Å². The predicted octanol–water partition coefficient (Wildman–Crippen LogP) is 4.73. The van der Waals surface area contributed by atoms with Crippen molar-refractivity contribution in [2.45, 2.75) is 25.7 Å². The minimum atomic E-state index is -0.0911. The van der Waals surface area contributed by atoms with Crippen LogP contribution in [0.25, 0.3) is 0 Å². The lowest BCUT2D eigenvalue weighted by atomic mass is 9.81. The smallest absolute Gasteiger partial charge is 0.227 e. The lowest BCUT2D eigenvalue weighted by Gasteiger charge is -2.27. The Morgan fingerprint density at radius 1 is 0.889 bits per heavy atom. The molecule has 0 saturated heterocycles. The van der Waals surface area contributed by atoms with Crippen LogP contribution in [0.1, 0.15) is 25.7 Å². The maximum Gasteiger partial charge on any atom is 0.227 e. The minimum absolute atomic E-state index is 0.0295. The maximum absolute atomic E-state index is 12.5. The largest absolute Gasteiger partial charge is 0.495 e. The molecule has 6 heteroatoms. The van der Waals surface area contributed by atoms with Gasteiger partial charge in [0, 0.05) is 23.2 Å². The first-order valence-corrected chi connectivity index (χ1v) is 9.45. The molecule has 1 aliphatic rings. The molecule has 142 valence electrons. The van der Waals surface area contributed by atoms with Gasteiger partial charge in [-0.2, -0.15) is 0 Å². The number of para-hydroxylation sites is 1. The summed E-state index contributed by atoms with van der Waals surface area (Å²) >= 11 is 6.10. The molecule has 0 spiro atoms. The molecule has 0 bridgehead atoms. The Balaban J connectivity index is 1.50. The van der Waals surface area contributed by atoms with Crippen molar-refractivity contribution in [2.75, 3.05) is 17.7 Å². The van der Waals surface area contributed by atoms with Gasteiger partial charge in [-0.25, -0.2) is 0 Å². The fraction of sp³-hybridized carbons (Fsp3) is 0.333. The SMILES string of the molecule is COc1ccc(NC(=O)C2CCC(C(=O)Nc3ccccc3)CC2)cc1Cl. The number of anilines is 2. The molecule has 0 unspecified atom stereocenters. The summed E-state index contributed by atoms with van der Waals surface area (Å²) < 4.78 is 5.12. The summed E-state index contributed by atoms with van der Waals surface area (Å²) in [5.41, 5.74) is 1.45. The number of carbonyl (C=O) groups is 2. The minimum Gasteiger partial charge on any atom is -0.495 e. The number of benzene rings is 2. The molecule has 2 aromatic carbocycles. The van der Waals surface area contributed by atoms with E-state index in [1.54, 1.807) is 25.3 Å². The topological polar surface area (TPSA) is 67.4 Å². The number of rotatable bonds is 5. The highest BCUT2D eigenvalue weighted by atomic mass is 35.5. The van der Waals surface area contributed by atoms with E-state index in [0.29, 0.717) is 42.1 Å². The second-order valence-corrected chi connectivity index (χ2v) is 7.15. The first kappa shape index (κ1) is 19.2. The van der Waals surface area contributed by atoms with Crippen LogP contribution in [-0.2, 0) is 9.59 Å². The molecule has 0 aromatic heterocycles. The number of amides is 2. The number of hydrogen-bond acceptors (Lipinski definition) is 3. The van der Waals surface area contributed by atoms with Gasteiger partial charge in [-0.05, 0) is 56.0 Å². The summed E-state index contributed by atoms with van der Waals surface area (Å²) in [7, 11) is 1.55. The van der Waals surface area contributed by atoms with Crippen LogP contribution in [0.5, 0.6) is 5.75 Å². The van der Waals surface area contributed by atoms with Crippen LogP contribution in [0.15, 0.2) is 48.5 Å². The van der Waals surface area contributed by atoms with Crippen LogP contribution in [0.3, 0.4) is 0 Å². The first-order valence-electron chi connectivity index (χ1n) is 9.07. The van der Waals surface area contributed by atoms with Crippen LogP contribution in [0.2, 0.25) is 5.02 Å². The maximum atomic E-state index is 12.5. The van der Waals surface area contributed by atoms with E-state index in [4.69, 9.17) is 16.3 Å². The van der Waals surface area contributed by atoms with Crippen molar-refractivity contribution in [1.82, 2.24) is 0 Å². The molecule has 1 saturated carbocycles. The fourth-order valence-corrected chi connectivity index (χ4v) is 3.63. The number of ether oxygens (including phenoxy) is 1. The normalized spacial score (nSPS) is 19.2. The first-order chi connectivity index (χ1) is 13.1. The van der Waals surface area contributed by atoms with Gasteiger partial charge in [-0.1, -0.05) is 29.8 Å². The Morgan fingerprint density at radius 3 is 1.96 bits per heavy atom. The second kappa shape index (κ2) is 8.91. The van der Waals surface area contributed by atoms with Crippen molar-refractivity contribution in [3.63, 3.8) is 0 Å². The molecule has 1 aliphatic carbocycles. The number of methoxy groups -OCH3 is 1. The standard InChI is InChI=1S/C21H23ClN2O3/c1-27-19-12-11-17(13-18(19)22)24-21(26)15-9-7-14(8-10-15)20(25)23-16-5-3-2-4-6-16/h2-6,11-15H,7-10H2,1H3,(H,23,25)(H,24,26). The highest BCUT2D eigenvalue weighted by Crippen LogP contribution is 2.32. The van der Waals surface area contributed by atoms with Crippen molar-refractivity contribution in [2.24, 2.45) is 11.8 Å². The lowest BCUT2D eigenvalue weighted by molar-refractivity contribution is -0.125. The molecule has 27 heavy (non-hydrogen) atoms. The third kappa shape index (κ3) is 5.01. The molecule has 2 N–H and O–H groups in total.